The molecule has 0 aliphatic rings. The van der Waals surface area contributed by atoms with Crippen LogP contribution in [-0.2, 0) is 133 Å². The van der Waals surface area contributed by atoms with E-state index in [2.05, 4.69) is 15.0 Å². The van der Waals surface area contributed by atoms with Gasteiger partial charge in [0, 0.05) is 75.1 Å². The van der Waals surface area contributed by atoms with Crippen molar-refractivity contribution in [3.8, 4) is 33.8 Å². The molecule has 12 aromatic rings. The molecule has 3 amide bonds. The second-order valence-corrected chi connectivity index (χ2v) is 30.3. The van der Waals surface area contributed by atoms with Crippen LogP contribution in [0.2, 0.25) is 0 Å². The van der Waals surface area contributed by atoms with Crippen LogP contribution in [0.25, 0.3) is 64.4 Å². The van der Waals surface area contributed by atoms with Gasteiger partial charge in [-0.05, 0) is 69.2 Å². The van der Waals surface area contributed by atoms with Gasteiger partial charge in [0.25, 0.3) is 34.4 Å². The van der Waals surface area contributed by atoms with Crippen molar-refractivity contribution in [2.45, 2.75) is 58.0 Å². The summed E-state index contributed by atoms with van der Waals surface area (Å²) in [6.45, 7) is -4.96. The number of carbonyl (C=O) groups excluding carboxylic acids is 3. The van der Waals surface area contributed by atoms with Crippen LogP contribution in [0.4, 0.5) is 65.9 Å². The zero-order chi connectivity index (χ0) is 80.2. The van der Waals surface area contributed by atoms with Crippen LogP contribution in [0.5, 0.6) is 0 Å². The van der Waals surface area contributed by atoms with Gasteiger partial charge in [-0.2, -0.15) is 54.5 Å². The van der Waals surface area contributed by atoms with Crippen LogP contribution in [0.3, 0.4) is 0 Å². The summed E-state index contributed by atoms with van der Waals surface area (Å²) in [5, 5.41) is 5.81. The van der Waals surface area contributed by atoms with E-state index in [1.165, 1.54) is 37.3 Å². The van der Waals surface area contributed by atoms with Crippen molar-refractivity contribution in [1.82, 2.24) is 41.1 Å². The van der Waals surface area contributed by atoms with Crippen LogP contribution in [0.1, 0.15) is 33.4 Å². The molecule has 3 aromatic carbocycles. The highest BCUT2D eigenvalue weighted by molar-refractivity contribution is 7.48. The molecule has 0 spiro atoms. The van der Waals surface area contributed by atoms with Crippen LogP contribution in [0.15, 0.2) is 112 Å². The Morgan fingerprint density at radius 1 is 0.382 bits per heavy atom. The minimum Gasteiger partial charge on any atom is -0.292 e. The van der Waals surface area contributed by atoms with E-state index in [0.29, 0.717) is 45.6 Å². The van der Waals surface area contributed by atoms with Crippen LogP contribution >= 0.6 is 75.8 Å². The third-order valence-electron chi connectivity index (χ3n) is 16.8. The van der Waals surface area contributed by atoms with Gasteiger partial charge in [-0.15, -0.1) is 68.0 Å². The number of phosphoric acid groups is 1. The largest absolute Gasteiger partial charge is 0.480 e. The normalized spacial score (nSPS) is 13.1. The van der Waals surface area contributed by atoms with Crippen molar-refractivity contribution in [2.75, 3.05) is 0 Å². The Bertz CT molecular complexity index is 5970. The maximum absolute atomic E-state index is 16.5. The quantitative estimate of drug-likeness (QED) is 0.0571. The minimum absolute atomic E-state index is 0.0561. The Balaban J connectivity index is 1.04. The molecule has 0 fully saturated rings. The Kier molecular flexibility index (Phi) is 21.4. The fraction of sp³-hybridized carbons (Fsp3) is 0.238. The first-order valence-corrected chi connectivity index (χ1v) is 37.2. The van der Waals surface area contributed by atoms with Gasteiger partial charge in [0.15, 0.2) is 14.4 Å². The predicted octanol–water partition coefficient (Wildman–Crippen LogP) is 10.4. The van der Waals surface area contributed by atoms with Crippen LogP contribution in [-0.4, -0.2) is 58.8 Å². The highest BCUT2D eigenvalue weighted by Gasteiger charge is 2.43. The molecule has 0 aliphatic heterocycles. The third kappa shape index (κ3) is 14.6. The molecular weight excluding hydrogens is 1640 g/mol. The first kappa shape index (κ1) is 79.5. The molecule has 47 heteroatoms. The summed E-state index contributed by atoms with van der Waals surface area (Å²) in [7, 11) is 1.07. The molecule has 12 rings (SSSR count). The molecular formula is C63H42F15N12O13PS6. The SMILES string of the molecule is Cn1c(=O)c2c(CC(=O)/N=c3\scc(-c4ccc(F)c(C(F)(F)F)c4F)n3COP(=O)(OCn3c(-c4ccc(F)c(C(F)(F)F)c4F)cs/c3=N\C(=O)Cc3csc4c3c(=O)n(C)c(=O)n4C)OCn3c(-c4ccc(F)c(C(F)(F)F)c4F)cs/c3=N\C(=O)Cc3csc4c3c(=O)n(C)c(=O)n4C)csc2n(C)c1=O. The topological polar surface area (TPSA) is 280 Å². The second kappa shape index (κ2) is 29.6. The molecule has 9 heterocycles. The monoisotopic (exact) mass is 1680 g/mol. The van der Waals surface area contributed by atoms with E-state index in [9.17, 15) is 82.7 Å². The predicted molar refractivity (Wildman–Crippen MR) is 369 cm³/mol. The maximum atomic E-state index is 16.5. The summed E-state index contributed by atoms with van der Waals surface area (Å²) >= 11 is 3.37. The van der Waals surface area contributed by atoms with Gasteiger partial charge in [0.05, 0.1) is 52.5 Å². The zero-order valence-corrected chi connectivity index (χ0v) is 61.7. The summed E-state index contributed by atoms with van der Waals surface area (Å²) in [5.41, 5.74) is -18.7. The molecule has 578 valence electrons. The number of benzene rings is 3. The van der Waals surface area contributed by atoms with Crippen LogP contribution in [0, 0.1) is 34.9 Å². The lowest BCUT2D eigenvalue weighted by molar-refractivity contribution is -0.143. The molecule has 0 radical (unpaired) electrons. The fourth-order valence-electron chi connectivity index (χ4n) is 11.4. The van der Waals surface area contributed by atoms with Crippen molar-refractivity contribution in [1.29, 1.82) is 0 Å². The van der Waals surface area contributed by atoms with E-state index in [-0.39, 0.29) is 99.5 Å². The lowest BCUT2D eigenvalue weighted by atomic mass is 10.1. The number of hydrogen-bond acceptors (Lipinski definition) is 19. The van der Waals surface area contributed by atoms with Crippen molar-refractivity contribution >= 4 is 124 Å². The average molecular weight is 1680 g/mol. The van der Waals surface area contributed by atoms with Gasteiger partial charge in [-0.3, -0.25) is 83.4 Å². The van der Waals surface area contributed by atoms with Gasteiger partial charge >= 0.3 is 43.4 Å². The number of thiazole rings is 3. The summed E-state index contributed by atoms with van der Waals surface area (Å²) in [5.74, 6) is -17.2. The lowest BCUT2D eigenvalue weighted by Crippen LogP contribution is -2.36. The number of phosphoric ester groups is 1. The van der Waals surface area contributed by atoms with Crippen LogP contribution < -0.4 is 48.2 Å². The average Bonchev–Trinajstić information content (AvgIpc) is 1.57. The van der Waals surface area contributed by atoms with E-state index in [0.717, 1.165) is 85.0 Å². The summed E-state index contributed by atoms with van der Waals surface area (Å²) in [6.07, 6.45) is -19.9. The number of aryl methyl sites for hydroxylation is 3. The first-order chi connectivity index (χ1) is 51.5. The highest BCUT2D eigenvalue weighted by atomic mass is 32.1. The molecule has 0 N–H and O–H groups in total. The molecule has 0 aliphatic carbocycles. The van der Waals surface area contributed by atoms with Crippen molar-refractivity contribution in [2.24, 2.45) is 57.3 Å². The summed E-state index contributed by atoms with van der Waals surface area (Å²) in [4.78, 5) is 131. The van der Waals surface area contributed by atoms with E-state index in [1.54, 1.807) is 0 Å². The van der Waals surface area contributed by atoms with E-state index in [4.69, 9.17) is 13.6 Å². The lowest BCUT2D eigenvalue weighted by Gasteiger charge is -2.21. The highest BCUT2D eigenvalue weighted by Crippen LogP contribution is 2.52. The number of aromatic nitrogens is 9. The summed E-state index contributed by atoms with van der Waals surface area (Å²) in [6, 6.07) is 1.86. The molecule has 0 atom stereocenters. The third-order valence-corrected chi connectivity index (χ3v) is 24.0. The minimum atomic E-state index is -6.21. The van der Waals surface area contributed by atoms with Gasteiger partial charge in [0.1, 0.15) is 86.3 Å². The van der Waals surface area contributed by atoms with Gasteiger partial charge in [-0.25, -0.2) is 45.3 Å². The zero-order valence-electron chi connectivity index (χ0n) is 55.9. The van der Waals surface area contributed by atoms with E-state index >= 15 is 30.9 Å². The number of fused-ring (bicyclic) bond motifs is 3. The number of alkyl halides is 9. The maximum Gasteiger partial charge on any atom is 0.480 e. The van der Waals surface area contributed by atoms with Crippen molar-refractivity contribution in [3.63, 3.8) is 0 Å². The standard InChI is InChI=1S/C63H42F15N12O13PS6/c1-82-49(94)40-25(16-105-52(40)85(4)58(82)97)13-37(91)79-55-88(34(19-108-55)28-7-10-31(64)43(46(28)67)61(70,71)72)22-101-104(100,102-23-89-35(29-8-11-32(65)44(47(29)68)62(73,74)75)20-109-56(89)80-38(92)14-26-17-106-53-41(26)50(95)83(2)59(98)86(53)5)103-24-90-36(30-9-12-33(66)45(48(30)69)63(76,77)78)21-110-57(90)81-39(93)15-27-18-107-54-42(27)51(96)84(3)60(99)87(54)6/h7-12,16-21H,13-15,22-24H2,1-6H3/b79-55-,80-56-,81-57-. The van der Waals surface area contributed by atoms with Gasteiger partial charge < -0.3 is 0 Å². The molecule has 9 aromatic heterocycles. The van der Waals surface area contributed by atoms with Gasteiger partial charge in [0.2, 0.25) is 0 Å². The smallest absolute Gasteiger partial charge is 0.292 e. The number of hydrogen-bond donors (Lipinski definition) is 0. The van der Waals surface area contributed by atoms with Crippen molar-refractivity contribution < 1.29 is 98.4 Å². The van der Waals surface area contributed by atoms with Crippen molar-refractivity contribution in [3.05, 3.63) is 214 Å². The first-order valence-electron chi connectivity index (χ1n) is 30.5. The fourth-order valence-corrected chi connectivity index (χ4v) is 18.2. The molecule has 0 saturated heterocycles. The number of rotatable bonds is 18. The molecule has 0 unspecified atom stereocenters. The Morgan fingerprint density at radius 2 is 0.627 bits per heavy atom. The number of amides is 3. The number of nitrogens with zero attached hydrogens (tertiary/aromatic N) is 12. The number of halogens is 15. The molecule has 25 nitrogen and oxygen atoms in total. The number of thiophene rings is 3. The Morgan fingerprint density at radius 3 is 0.864 bits per heavy atom. The summed E-state index contributed by atoms with van der Waals surface area (Å²) < 4.78 is 266. The van der Waals surface area contributed by atoms with E-state index in [1.807, 2.05) is 0 Å². The second-order valence-electron chi connectivity index (χ2n) is 23.5. The number of carbonyl (C=O) groups is 3. The molecule has 0 bridgehead atoms. The Labute approximate surface area is 623 Å². The van der Waals surface area contributed by atoms with E-state index < -0.39 is 217 Å². The Hall–Kier alpha value is -10.1. The van der Waals surface area contributed by atoms with Gasteiger partial charge in [-0.1, -0.05) is 0 Å². The molecule has 0 saturated carbocycles. The molecule has 110 heavy (non-hydrogen) atoms.